The highest BCUT2D eigenvalue weighted by molar-refractivity contribution is 5.00. The lowest BCUT2D eigenvalue weighted by atomic mass is 9.76. The minimum atomic E-state index is -4.23. The van der Waals surface area contributed by atoms with Crippen LogP contribution in [0.25, 0.3) is 0 Å². The molecule has 3 unspecified atom stereocenters. The minimum Gasteiger partial charge on any atom is -0.380 e. The Morgan fingerprint density at radius 2 is 1.86 bits per heavy atom. The average Bonchev–Trinajstić information content (AvgIpc) is 2.15. The van der Waals surface area contributed by atoms with Crippen LogP contribution < -0.4 is 0 Å². The topological polar surface area (TPSA) is 20.2 Å². The van der Waals surface area contributed by atoms with Gasteiger partial charge in [-0.25, -0.2) is 0 Å². The van der Waals surface area contributed by atoms with Gasteiger partial charge in [-0.15, -0.1) is 6.42 Å². The van der Waals surface area contributed by atoms with E-state index in [9.17, 15) is 18.3 Å². The Morgan fingerprint density at radius 3 is 2.36 bits per heavy atom. The summed E-state index contributed by atoms with van der Waals surface area (Å²) in [6.45, 7) is 0. The first kappa shape index (κ1) is 11.4. The fourth-order valence-electron chi connectivity index (χ4n) is 2.07. The molecule has 0 bridgehead atoms. The van der Waals surface area contributed by atoms with Gasteiger partial charge in [-0.2, -0.15) is 13.2 Å². The van der Waals surface area contributed by atoms with E-state index >= 15 is 0 Å². The molecule has 0 aromatic carbocycles. The number of hydrogen-bond acceptors (Lipinski definition) is 1. The molecule has 0 spiro atoms. The molecule has 0 radical (unpaired) electrons. The number of aliphatic hydroxyl groups excluding tert-OH is 1. The van der Waals surface area contributed by atoms with Crippen LogP contribution in [0, 0.1) is 24.2 Å². The van der Waals surface area contributed by atoms with E-state index < -0.39 is 24.1 Å². The maximum atomic E-state index is 12.5. The number of aliphatic hydroxyl groups is 1. The number of rotatable bonds is 1. The van der Waals surface area contributed by atoms with Gasteiger partial charge in [-0.05, 0) is 12.8 Å². The number of hydrogen-bond donors (Lipinski definition) is 1. The molecule has 0 amide bonds. The molecular weight excluding hydrogens is 193 g/mol. The van der Waals surface area contributed by atoms with Crippen molar-refractivity contribution in [2.45, 2.75) is 38.0 Å². The van der Waals surface area contributed by atoms with Gasteiger partial charge in [0.2, 0.25) is 0 Å². The zero-order chi connectivity index (χ0) is 10.8. The summed E-state index contributed by atoms with van der Waals surface area (Å²) in [7, 11) is 0. The molecule has 0 saturated heterocycles. The summed E-state index contributed by atoms with van der Waals surface area (Å²) in [5, 5.41) is 9.28. The molecule has 4 heteroatoms. The van der Waals surface area contributed by atoms with Crippen molar-refractivity contribution in [1.29, 1.82) is 0 Å². The fraction of sp³-hybridized carbons (Fsp3) is 0.800. The number of halogens is 3. The second-order valence-electron chi connectivity index (χ2n) is 3.71. The van der Waals surface area contributed by atoms with E-state index in [-0.39, 0.29) is 6.42 Å². The molecule has 3 atom stereocenters. The standard InChI is InChI=1S/C10H13F3O/c1-2-9(14)7-5-3-4-6-8(7)10(11,12)13/h1,7-9,14H,3-6H2. The van der Waals surface area contributed by atoms with Gasteiger partial charge in [0.25, 0.3) is 0 Å². The molecule has 1 N–H and O–H groups in total. The Labute approximate surface area is 81.3 Å². The summed E-state index contributed by atoms with van der Waals surface area (Å²) >= 11 is 0. The summed E-state index contributed by atoms with van der Waals surface area (Å²) < 4.78 is 37.5. The van der Waals surface area contributed by atoms with Gasteiger partial charge in [0.1, 0.15) is 6.10 Å². The molecule has 0 aromatic heterocycles. The molecule has 0 heterocycles. The Balaban J connectivity index is 2.75. The Bertz CT molecular complexity index is 229. The SMILES string of the molecule is C#CC(O)C1CCCCC1C(F)(F)F. The molecule has 1 nitrogen and oxygen atoms in total. The average molecular weight is 206 g/mol. The van der Waals surface area contributed by atoms with Crippen LogP contribution in [0.5, 0.6) is 0 Å². The number of alkyl halides is 3. The van der Waals surface area contributed by atoms with Crippen molar-refractivity contribution >= 4 is 0 Å². The predicted octanol–water partition coefficient (Wildman–Crippen LogP) is 2.35. The predicted molar refractivity (Wildman–Crippen MR) is 46.3 cm³/mol. The van der Waals surface area contributed by atoms with Crippen molar-refractivity contribution in [1.82, 2.24) is 0 Å². The van der Waals surface area contributed by atoms with Crippen LogP contribution >= 0.6 is 0 Å². The van der Waals surface area contributed by atoms with Crippen molar-refractivity contribution < 1.29 is 18.3 Å². The normalized spacial score (nSPS) is 30.8. The molecule has 1 aliphatic rings. The maximum Gasteiger partial charge on any atom is 0.392 e. The van der Waals surface area contributed by atoms with Crippen LogP contribution in [0.2, 0.25) is 0 Å². The maximum absolute atomic E-state index is 12.5. The van der Waals surface area contributed by atoms with Crippen molar-refractivity contribution in [3.05, 3.63) is 0 Å². The molecule has 1 saturated carbocycles. The van der Waals surface area contributed by atoms with Crippen molar-refractivity contribution in [3.63, 3.8) is 0 Å². The molecule has 0 aliphatic heterocycles. The van der Waals surface area contributed by atoms with Gasteiger partial charge in [0.05, 0.1) is 5.92 Å². The first-order valence-corrected chi connectivity index (χ1v) is 4.67. The quantitative estimate of drug-likeness (QED) is 0.653. The minimum absolute atomic E-state index is 0.0902. The second kappa shape index (κ2) is 4.22. The third-order valence-electron chi connectivity index (χ3n) is 2.82. The molecule has 1 rings (SSSR count). The summed E-state index contributed by atoms with van der Waals surface area (Å²) in [6.07, 6.45) is 1.19. The highest BCUT2D eigenvalue weighted by Gasteiger charge is 2.47. The first-order valence-electron chi connectivity index (χ1n) is 4.67. The largest absolute Gasteiger partial charge is 0.392 e. The van der Waals surface area contributed by atoms with E-state index in [1.54, 1.807) is 0 Å². The van der Waals surface area contributed by atoms with Crippen LogP contribution in [0.3, 0.4) is 0 Å². The van der Waals surface area contributed by atoms with E-state index in [4.69, 9.17) is 6.42 Å². The van der Waals surface area contributed by atoms with Gasteiger partial charge in [-0.1, -0.05) is 18.8 Å². The summed E-state index contributed by atoms with van der Waals surface area (Å²) in [5.41, 5.74) is 0. The van der Waals surface area contributed by atoms with Crippen LogP contribution in [-0.2, 0) is 0 Å². The highest BCUT2D eigenvalue weighted by Crippen LogP contribution is 2.42. The highest BCUT2D eigenvalue weighted by atomic mass is 19.4. The van der Waals surface area contributed by atoms with Crippen LogP contribution in [-0.4, -0.2) is 17.4 Å². The lowest BCUT2D eigenvalue weighted by Gasteiger charge is -2.34. The summed E-state index contributed by atoms with van der Waals surface area (Å²) in [6, 6.07) is 0. The van der Waals surface area contributed by atoms with E-state index in [2.05, 4.69) is 0 Å². The zero-order valence-corrected chi connectivity index (χ0v) is 7.72. The monoisotopic (exact) mass is 206 g/mol. The van der Waals surface area contributed by atoms with Gasteiger partial charge in [0.15, 0.2) is 0 Å². The summed E-state index contributed by atoms with van der Waals surface area (Å²) in [5.74, 6) is -0.248. The molecule has 80 valence electrons. The van der Waals surface area contributed by atoms with Gasteiger partial charge < -0.3 is 5.11 Å². The van der Waals surface area contributed by atoms with Crippen LogP contribution in [0.1, 0.15) is 25.7 Å². The molecule has 1 fully saturated rings. The second-order valence-corrected chi connectivity index (χ2v) is 3.71. The smallest absolute Gasteiger partial charge is 0.380 e. The molecular formula is C10H13F3O. The van der Waals surface area contributed by atoms with Crippen molar-refractivity contribution in [2.75, 3.05) is 0 Å². The Hall–Kier alpha value is -0.690. The van der Waals surface area contributed by atoms with Crippen molar-refractivity contribution in [3.8, 4) is 12.3 Å². The van der Waals surface area contributed by atoms with E-state index in [0.29, 0.717) is 12.8 Å². The third-order valence-corrected chi connectivity index (χ3v) is 2.82. The van der Waals surface area contributed by atoms with Crippen LogP contribution in [0.15, 0.2) is 0 Å². The first-order chi connectivity index (χ1) is 6.46. The fourth-order valence-corrected chi connectivity index (χ4v) is 2.07. The van der Waals surface area contributed by atoms with E-state index in [1.165, 1.54) is 0 Å². The van der Waals surface area contributed by atoms with Gasteiger partial charge >= 0.3 is 6.18 Å². The molecule has 0 aromatic rings. The number of terminal acetylenes is 1. The van der Waals surface area contributed by atoms with E-state index in [0.717, 1.165) is 6.42 Å². The van der Waals surface area contributed by atoms with E-state index in [1.807, 2.05) is 5.92 Å². The summed E-state index contributed by atoms with van der Waals surface area (Å²) in [4.78, 5) is 0. The lowest BCUT2D eigenvalue weighted by Crippen LogP contribution is -2.38. The van der Waals surface area contributed by atoms with Crippen molar-refractivity contribution in [2.24, 2.45) is 11.8 Å². The Kier molecular flexibility index (Phi) is 3.43. The van der Waals surface area contributed by atoms with Gasteiger partial charge in [-0.3, -0.25) is 0 Å². The van der Waals surface area contributed by atoms with Crippen LogP contribution in [0.4, 0.5) is 13.2 Å². The molecule has 1 aliphatic carbocycles. The molecule has 14 heavy (non-hydrogen) atoms. The zero-order valence-electron chi connectivity index (χ0n) is 7.72. The van der Waals surface area contributed by atoms with Gasteiger partial charge in [0, 0.05) is 5.92 Å². The third kappa shape index (κ3) is 2.42. The lowest BCUT2D eigenvalue weighted by molar-refractivity contribution is -0.203. The Morgan fingerprint density at radius 1 is 1.29 bits per heavy atom.